The van der Waals surface area contributed by atoms with Crippen LogP contribution in [0.2, 0.25) is 0 Å². The molecule has 0 fully saturated rings. The molecule has 0 rings (SSSR count). The summed E-state index contributed by atoms with van der Waals surface area (Å²) >= 11 is 0. The Morgan fingerprint density at radius 1 is 0.269 bits per heavy atom. The molecule has 3 N–H and O–H groups in total. The summed E-state index contributed by atoms with van der Waals surface area (Å²) in [6, 6.07) is 0. The fourth-order valence-electron chi connectivity index (χ4n) is 9.57. The van der Waals surface area contributed by atoms with Gasteiger partial charge in [0.15, 0.2) is 12.2 Å². The average Bonchev–Trinajstić information content (AvgIpc) is 0.926. The van der Waals surface area contributed by atoms with Gasteiger partial charge >= 0.3 is 39.5 Å². The van der Waals surface area contributed by atoms with Gasteiger partial charge in [-0.1, -0.05) is 261 Å². The summed E-state index contributed by atoms with van der Waals surface area (Å²) in [7, 11) is -10.0. The molecular weight excluding hydrogens is 1350 g/mol. The number of allylic oxidation sites excluding steroid dienone is 30. The minimum Gasteiger partial charge on any atom is -0.462 e. The third-order valence-corrected chi connectivity index (χ3v) is 17.3. The van der Waals surface area contributed by atoms with Gasteiger partial charge in [0, 0.05) is 25.7 Å². The van der Waals surface area contributed by atoms with Crippen LogP contribution in [0.25, 0.3) is 0 Å². The van der Waals surface area contributed by atoms with E-state index < -0.39 is 97.5 Å². The maximum Gasteiger partial charge on any atom is 0.472 e. The molecule has 104 heavy (non-hydrogen) atoms. The van der Waals surface area contributed by atoms with Gasteiger partial charge in [0.1, 0.15) is 19.3 Å². The highest BCUT2D eigenvalue weighted by Crippen LogP contribution is 2.45. The molecule has 0 aliphatic rings. The zero-order chi connectivity index (χ0) is 76.0. The molecule has 0 saturated carbocycles. The van der Waals surface area contributed by atoms with Crippen molar-refractivity contribution in [1.82, 2.24) is 0 Å². The molecule has 0 heterocycles. The number of aliphatic hydroxyl groups is 1. The summed E-state index contributed by atoms with van der Waals surface area (Å²) in [6.07, 6.45) is 90.3. The molecule has 0 saturated heterocycles. The predicted molar refractivity (Wildman–Crippen MR) is 426 cm³/mol. The number of phosphoric ester groups is 2. The maximum absolute atomic E-state index is 13.1. The van der Waals surface area contributed by atoms with Gasteiger partial charge in [0.2, 0.25) is 0 Å². The third kappa shape index (κ3) is 74.4. The van der Waals surface area contributed by atoms with Crippen molar-refractivity contribution in [3.05, 3.63) is 182 Å². The lowest BCUT2D eigenvalue weighted by Crippen LogP contribution is -2.30. The highest BCUT2D eigenvalue weighted by Gasteiger charge is 2.30. The van der Waals surface area contributed by atoms with Crippen LogP contribution in [0.15, 0.2) is 182 Å². The summed E-state index contributed by atoms with van der Waals surface area (Å²) in [5.41, 5.74) is 0. The van der Waals surface area contributed by atoms with E-state index in [9.17, 15) is 43.2 Å². The third-order valence-electron chi connectivity index (χ3n) is 15.4. The standard InChI is InChI=1S/C85H136O17P2/c1-5-9-13-17-21-25-29-33-37-39-43-46-50-54-58-62-66-70-83(88)96-76-81(102-85(90)72-68-64-60-56-52-48-44-40-38-34-30-26-22-18-14-10-6-2)78-100-104(93,94)98-74-79(86)73-97-103(91,92)99-77-80(101-84(89)71-67-63-59-55-51-47-42-36-32-28-24-20-16-12-8-4)75-95-82(87)69-65-61-57-53-49-45-41-35-31-27-23-19-15-11-7-3/h9-16,21-28,33-38,41-43,46,49,53-54,58,79-81,86H,5-8,17-20,29-32,39-40,44-45,47-48,50-52,55-57,59-78H2,1-4H3,(H,91,92)(H,93,94)/b13-9-,14-10-,15-11-,16-12-,25-21-,26-22-,27-23-,28-24-,37-33-,38-34-,41-35-,42-36-,46-43-,53-49-,58-54-. The van der Waals surface area contributed by atoms with Crippen LogP contribution in [-0.2, 0) is 65.4 Å². The monoisotopic (exact) mass is 1490 g/mol. The number of carbonyl (C=O) groups is 4. The van der Waals surface area contributed by atoms with Gasteiger partial charge in [0.25, 0.3) is 0 Å². The molecule has 0 radical (unpaired) electrons. The number of hydrogen-bond donors (Lipinski definition) is 3. The fraction of sp³-hybridized carbons (Fsp3) is 0.600. The number of unbranched alkanes of at least 4 members (excludes halogenated alkanes) is 15. The Morgan fingerprint density at radius 3 is 0.779 bits per heavy atom. The quantitative estimate of drug-likeness (QED) is 0.0169. The van der Waals surface area contributed by atoms with Crippen LogP contribution in [0.5, 0.6) is 0 Å². The average molecular weight is 1490 g/mol. The maximum atomic E-state index is 13.1. The zero-order valence-electron chi connectivity index (χ0n) is 64.1. The van der Waals surface area contributed by atoms with Crippen molar-refractivity contribution in [2.24, 2.45) is 0 Å². The van der Waals surface area contributed by atoms with Crippen LogP contribution in [-0.4, -0.2) is 96.7 Å². The van der Waals surface area contributed by atoms with Crippen molar-refractivity contribution in [1.29, 1.82) is 0 Å². The minimum atomic E-state index is -5.01. The van der Waals surface area contributed by atoms with Crippen LogP contribution in [0.1, 0.15) is 272 Å². The van der Waals surface area contributed by atoms with Crippen molar-refractivity contribution < 1.29 is 80.2 Å². The highest BCUT2D eigenvalue weighted by molar-refractivity contribution is 7.47. The number of aliphatic hydroxyl groups excluding tert-OH is 1. The Morgan fingerprint density at radius 2 is 0.481 bits per heavy atom. The SMILES string of the molecule is CC/C=C\C/C=C\C/C=C\C/C=C\C/C=C\CCCC(=O)OCC(COP(=O)(O)OCC(O)COP(=O)(O)OCC(COC(=O)CCCC/C=C\C/C=C\C/C=C\C/C=C\CC)OC(=O)CCCCCCC/C=C\C/C=C\C/C=C\CC)OC(=O)CCCCCCCCC/C=C\C/C=C\C/C=C\CC. The van der Waals surface area contributed by atoms with Crippen molar-refractivity contribution in [3.63, 3.8) is 0 Å². The molecule has 588 valence electrons. The Balaban J connectivity index is 5.49. The molecule has 0 spiro atoms. The minimum absolute atomic E-state index is 0.0581. The van der Waals surface area contributed by atoms with Gasteiger partial charge in [-0.15, -0.1) is 0 Å². The lowest BCUT2D eigenvalue weighted by atomic mass is 10.1. The molecule has 0 aliphatic heterocycles. The van der Waals surface area contributed by atoms with Crippen LogP contribution in [0, 0.1) is 0 Å². The van der Waals surface area contributed by atoms with Gasteiger partial charge < -0.3 is 33.8 Å². The number of carbonyl (C=O) groups excluding carboxylic acids is 4. The predicted octanol–water partition coefficient (Wildman–Crippen LogP) is 22.8. The number of rotatable bonds is 71. The summed E-state index contributed by atoms with van der Waals surface area (Å²) in [5, 5.41) is 10.6. The van der Waals surface area contributed by atoms with Crippen molar-refractivity contribution in [2.45, 2.75) is 290 Å². The zero-order valence-corrected chi connectivity index (χ0v) is 65.9. The lowest BCUT2D eigenvalue weighted by molar-refractivity contribution is -0.161. The van der Waals surface area contributed by atoms with Crippen molar-refractivity contribution in [3.8, 4) is 0 Å². The molecule has 0 aromatic heterocycles. The first-order chi connectivity index (χ1) is 50.7. The molecular formula is C85H136O17P2. The van der Waals surface area contributed by atoms with E-state index in [0.29, 0.717) is 32.1 Å². The van der Waals surface area contributed by atoms with E-state index in [-0.39, 0.29) is 25.7 Å². The molecule has 0 aromatic rings. The Labute approximate surface area is 628 Å². The van der Waals surface area contributed by atoms with E-state index in [1.54, 1.807) is 0 Å². The first kappa shape index (κ1) is 98.2. The van der Waals surface area contributed by atoms with Crippen molar-refractivity contribution >= 4 is 39.5 Å². The summed E-state index contributed by atoms with van der Waals surface area (Å²) < 4.78 is 68.5. The Bertz CT molecular complexity index is 2690. The van der Waals surface area contributed by atoms with E-state index in [0.717, 1.165) is 186 Å². The van der Waals surface area contributed by atoms with Crippen LogP contribution in [0.3, 0.4) is 0 Å². The first-order valence-electron chi connectivity index (χ1n) is 39.0. The van der Waals surface area contributed by atoms with E-state index >= 15 is 0 Å². The molecule has 0 aromatic carbocycles. The second-order valence-corrected chi connectivity index (χ2v) is 28.0. The van der Waals surface area contributed by atoms with E-state index in [2.05, 4.69) is 198 Å². The number of phosphoric acid groups is 2. The molecule has 0 bridgehead atoms. The largest absolute Gasteiger partial charge is 0.472 e. The molecule has 17 nitrogen and oxygen atoms in total. The Hall–Kier alpha value is -5.84. The molecule has 5 atom stereocenters. The fourth-order valence-corrected chi connectivity index (χ4v) is 11.1. The molecule has 0 amide bonds. The van der Waals surface area contributed by atoms with Gasteiger partial charge in [0.05, 0.1) is 26.4 Å². The molecule has 5 unspecified atom stereocenters. The first-order valence-corrected chi connectivity index (χ1v) is 42.0. The van der Waals surface area contributed by atoms with Gasteiger partial charge in [-0.25, -0.2) is 9.13 Å². The summed E-state index contributed by atoms with van der Waals surface area (Å²) in [5.74, 6) is -2.34. The van der Waals surface area contributed by atoms with E-state index in [1.165, 1.54) is 0 Å². The second kappa shape index (κ2) is 75.4. The van der Waals surface area contributed by atoms with E-state index in [4.69, 9.17) is 37.0 Å². The van der Waals surface area contributed by atoms with Gasteiger partial charge in [-0.2, -0.15) is 0 Å². The van der Waals surface area contributed by atoms with Gasteiger partial charge in [-0.05, 0) is 167 Å². The summed E-state index contributed by atoms with van der Waals surface area (Å²) in [6.45, 7) is 4.25. The smallest absolute Gasteiger partial charge is 0.462 e. The van der Waals surface area contributed by atoms with Gasteiger partial charge in [-0.3, -0.25) is 37.3 Å². The summed E-state index contributed by atoms with van der Waals surface area (Å²) in [4.78, 5) is 73.0. The van der Waals surface area contributed by atoms with Crippen molar-refractivity contribution in [2.75, 3.05) is 39.6 Å². The molecule has 19 heteroatoms. The van der Waals surface area contributed by atoms with Crippen LogP contribution in [0.4, 0.5) is 0 Å². The highest BCUT2D eigenvalue weighted by atomic mass is 31.2. The lowest BCUT2D eigenvalue weighted by Gasteiger charge is -2.21. The van der Waals surface area contributed by atoms with E-state index in [1.807, 2.05) is 12.2 Å². The molecule has 0 aliphatic carbocycles. The number of hydrogen-bond acceptors (Lipinski definition) is 15. The number of esters is 4. The Kier molecular flexibility index (Phi) is 71.2. The van der Waals surface area contributed by atoms with Crippen LogP contribution < -0.4 is 0 Å². The van der Waals surface area contributed by atoms with Crippen LogP contribution >= 0.6 is 15.6 Å². The number of ether oxygens (including phenoxy) is 4. The topological polar surface area (TPSA) is 237 Å². The second-order valence-electron chi connectivity index (χ2n) is 25.1. The normalized spacial score (nSPS) is 14.9.